The second kappa shape index (κ2) is 7.54. The lowest BCUT2D eigenvalue weighted by molar-refractivity contribution is 0.126. The van der Waals surface area contributed by atoms with Gasteiger partial charge in [0.15, 0.2) is 0 Å². The van der Waals surface area contributed by atoms with Crippen LogP contribution in [-0.2, 0) is 0 Å². The lowest BCUT2D eigenvalue weighted by Gasteiger charge is -2.18. The highest BCUT2D eigenvalue weighted by Gasteiger charge is 2.11. The number of anilines is 1. The van der Waals surface area contributed by atoms with Gasteiger partial charge in [-0.3, -0.25) is 0 Å². The summed E-state index contributed by atoms with van der Waals surface area (Å²) in [5, 5.41) is 10.4. The fourth-order valence-corrected chi connectivity index (χ4v) is 2.27. The molecule has 0 aromatic heterocycles. The summed E-state index contributed by atoms with van der Waals surface area (Å²) in [6, 6.07) is 7.20. The van der Waals surface area contributed by atoms with Crippen LogP contribution >= 0.6 is 11.8 Å². The molecule has 0 aliphatic heterocycles. The topological polar surface area (TPSA) is 55.5 Å². The number of nitrogens with two attached hydrogens (primary N) is 1. The zero-order valence-electron chi connectivity index (χ0n) is 11.3. The molecule has 0 radical (unpaired) electrons. The first kappa shape index (κ1) is 15.2. The molecule has 0 saturated carbocycles. The molecule has 0 aliphatic rings. The average molecular weight is 269 g/mol. The van der Waals surface area contributed by atoms with Crippen LogP contribution in [0.25, 0.3) is 0 Å². The van der Waals surface area contributed by atoms with E-state index < -0.39 is 6.10 Å². The van der Waals surface area contributed by atoms with Crippen LogP contribution in [0, 0.1) is 5.92 Å². The second-order valence-corrected chi connectivity index (χ2v) is 6.23. The van der Waals surface area contributed by atoms with Gasteiger partial charge in [0.05, 0.1) is 6.10 Å². The van der Waals surface area contributed by atoms with Crippen molar-refractivity contribution in [3.05, 3.63) is 24.3 Å². The van der Waals surface area contributed by atoms with Gasteiger partial charge in [0.2, 0.25) is 0 Å². The van der Waals surface area contributed by atoms with Crippen LogP contribution in [0.15, 0.2) is 24.3 Å². The minimum absolute atomic E-state index is 0.321. The molecule has 0 aliphatic carbocycles. The quantitative estimate of drug-likeness (QED) is 0.747. The fourth-order valence-electron chi connectivity index (χ4n) is 1.26. The van der Waals surface area contributed by atoms with Gasteiger partial charge in [-0.25, -0.2) is 0 Å². The smallest absolute Gasteiger partial charge is 0.119 e. The maximum atomic E-state index is 9.83. The van der Waals surface area contributed by atoms with Crippen LogP contribution in [0.3, 0.4) is 0 Å². The van der Waals surface area contributed by atoms with Crippen LogP contribution in [0.2, 0.25) is 0 Å². The Morgan fingerprint density at radius 3 is 2.39 bits per heavy atom. The first-order valence-corrected chi connectivity index (χ1v) is 7.32. The summed E-state index contributed by atoms with van der Waals surface area (Å²) in [5.74, 6) is 2.07. The molecule has 1 rings (SSSR count). The number of nitrogen functional groups attached to an aromatic ring is 1. The van der Waals surface area contributed by atoms with Crippen molar-refractivity contribution in [1.29, 1.82) is 0 Å². The largest absolute Gasteiger partial charge is 0.491 e. The second-order valence-electron chi connectivity index (χ2n) is 4.82. The highest BCUT2D eigenvalue weighted by molar-refractivity contribution is 7.99. The minimum atomic E-state index is -0.436. The molecule has 0 saturated heterocycles. The number of aliphatic hydroxyl groups excluding tert-OH is 1. The van der Waals surface area contributed by atoms with Crippen LogP contribution < -0.4 is 10.5 Å². The molecule has 0 spiro atoms. The summed E-state index contributed by atoms with van der Waals surface area (Å²) in [6.07, 6.45) is -0.436. The van der Waals surface area contributed by atoms with Crippen LogP contribution in [0.5, 0.6) is 5.75 Å². The van der Waals surface area contributed by atoms with Gasteiger partial charge in [-0.15, -0.1) is 0 Å². The van der Waals surface area contributed by atoms with Crippen molar-refractivity contribution in [2.75, 3.05) is 18.1 Å². The Balaban J connectivity index is 2.24. The van der Waals surface area contributed by atoms with Gasteiger partial charge < -0.3 is 15.6 Å². The number of hydrogen-bond donors (Lipinski definition) is 2. The van der Waals surface area contributed by atoms with Crippen molar-refractivity contribution in [3.8, 4) is 5.75 Å². The minimum Gasteiger partial charge on any atom is -0.491 e. The zero-order chi connectivity index (χ0) is 13.5. The molecule has 1 aromatic rings. The number of aliphatic hydroxyl groups is 1. The third-order valence-electron chi connectivity index (χ3n) is 2.81. The Hall–Kier alpha value is -0.870. The van der Waals surface area contributed by atoms with Gasteiger partial charge >= 0.3 is 0 Å². The summed E-state index contributed by atoms with van der Waals surface area (Å²) < 4.78 is 5.50. The standard InChI is InChI=1S/C14H23NO2S/c1-10(2)11(3)18-9-13(16)8-17-14-6-4-12(15)5-7-14/h4-7,10-11,13,16H,8-9,15H2,1-3H3. The molecular formula is C14H23NO2S. The van der Waals surface area contributed by atoms with E-state index in [4.69, 9.17) is 10.5 Å². The van der Waals surface area contributed by atoms with E-state index in [1.54, 1.807) is 23.9 Å². The van der Waals surface area contributed by atoms with Crippen molar-refractivity contribution in [1.82, 2.24) is 0 Å². The van der Waals surface area contributed by atoms with Gasteiger partial charge in [0.1, 0.15) is 12.4 Å². The number of ether oxygens (including phenoxy) is 1. The molecule has 18 heavy (non-hydrogen) atoms. The lowest BCUT2D eigenvalue weighted by Crippen LogP contribution is -2.22. The molecule has 0 heterocycles. The van der Waals surface area contributed by atoms with E-state index in [9.17, 15) is 5.11 Å². The normalized spacial score (nSPS) is 14.5. The molecule has 0 amide bonds. The van der Waals surface area contributed by atoms with Crippen molar-refractivity contribution in [3.63, 3.8) is 0 Å². The summed E-state index contributed by atoms with van der Waals surface area (Å²) in [4.78, 5) is 0. The summed E-state index contributed by atoms with van der Waals surface area (Å²) in [6.45, 7) is 6.88. The maximum absolute atomic E-state index is 9.83. The summed E-state index contributed by atoms with van der Waals surface area (Å²) in [7, 11) is 0. The van der Waals surface area contributed by atoms with E-state index in [0.29, 0.717) is 29.2 Å². The van der Waals surface area contributed by atoms with Crippen molar-refractivity contribution in [2.45, 2.75) is 32.1 Å². The predicted molar refractivity (Wildman–Crippen MR) is 79.1 cm³/mol. The van der Waals surface area contributed by atoms with Gasteiger partial charge in [-0.2, -0.15) is 11.8 Å². The van der Waals surface area contributed by atoms with Gasteiger partial charge in [0.25, 0.3) is 0 Å². The molecule has 0 fully saturated rings. The van der Waals surface area contributed by atoms with Crippen molar-refractivity contribution >= 4 is 17.4 Å². The summed E-state index contributed by atoms with van der Waals surface area (Å²) >= 11 is 1.78. The van der Waals surface area contributed by atoms with Crippen LogP contribution in [0.1, 0.15) is 20.8 Å². The Labute approximate surface area is 114 Å². The molecule has 0 bridgehead atoms. The van der Waals surface area contributed by atoms with Crippen LogP contribution in [0.4, 0.5) is 5.69 Å². The van der Waals surface area contributed by atoms with Crippen molar-refractivity contribution < 1.29 is 9.84 Å². The van der Waals surface area contributed by atoms with E-state index in [1.807, 2.05) is 12.1 Å². The molecule has 3 nitrogen and oxygen atoms in total. The van der Waals surface area contributed by atoms with Gasteiger partial charge in [0, 0.05) is 16.7 Å². The highest BCUT2D eigenvalue weighted by atomic mass is 32.2. The van der Waals surface area contributed by atoms with E-state index in [2.05, 4.69) is 20.8 Å². The first-order valence-electron chi connectivity index (χ1n) is 6.27. The Morgan fingerprint density at radius 2 is 1.83 bits per heavy atom. The van der Waals surface area contributed by atoms with Gasteiger partial charge in [-0.05, 0) is 30.2 Å². The third kappa shape index (κ3) is 5.65. The maximum Gasteiger partial charge on any atom is 0.119 e. The monoisotopic (exact) mass is 269 g/mol. The van der Waals surface area contributed by atoms with Crippen molar-refractivity contribution in [2.24, 2.45) is 5.92 Å². The van der Waals surface area contributed by atoms with E-state index in [1.165, 1.54) is 0 Å². The number of hydrogen-bond acceptors (Lipinski definition) is 4. The zero-order valence-corrected chi connectivity index (χ0v) is 12.1. The fraction of sp³-hybridized carbons (Fsp3) is 0.571. The Bertz CT molecular complexity index is 340. The molecule has 3 N–H and O–H groups in total. The van der Waals surface area contributed by atoms with E-state index in [0.717, 1.165) is 5.75 Å². The van der Waals surface area contributed by atoms with E-state index >= 15 is 0 Å². The molecule has 102 valence electrons. The van der Waals surface area contributed by atoms with Crippen LogP contribution in [-0.4, -0.2) is 28.8 Å². The average Bonchev–Trinajstić information content (AvgIpc) is 2.35. The predicted octanol–water partition coefficient (Wildman–Crippen LogP) is 2.79. The van der Waals surface area contributed by atoms with Gasteiger partial charge in [-0.1, -0.05) is 20.8 Å². The molecule has 4 heteroatoms. The highest BCUT2D eigenvalue weighted by Crippen LogP contribution is 2.20. The SMILES string of the molecule is CC(C)C(C)SCC(O)COc1ccc(N)cc1. The first-order chi connectivity index (χ1) is 8.49. The lowest BCUT2D eigenvalue weighted by atomic mass is 10.2. The molecule has 2 unspecified atom stereocenters. The third-order valence-corrected chi connectivity index (χ3v) is 4.46. The number of rotatable bonds is 7. The molecule has 1 aromatic carbocycles. The number of benzene rings is 1. The molecular weight excluding hydrogens is 246 g/mol. The Morgan fingerprint density at radius 1 is 1.22 bits per heavy atom. The Kier molecular flexibility index (Phi) is 6.36. The van der Waals surface area contributed by atoms with E-state index in [-0.39, 0.29) is 0 Å². The molecule has 2 atom stereocenters. The number of thioether (sulfide) groups is 1. The summed E-state index contributed by atoms with van der Waals surface area (Å²) in [5.41, 5.74) is 6.30.